The van der Waals surface area contributed by atoms with Crippen LogP contribution >= 0.6 is 0 Å². The normalized spacial score (nSPS) is 25.7. The van der Waals surface area contributed by atoms with Gasteiger partial charge in [-0.25, -0.2) is 4.39 Å². The highest BCUT2D eigenvalue weighted by atomic mass is 19.1. The Balaban J connectivity index is 2.09. The molecular formula is C7H14FN. The molecule has 0 aromatic rings. The van der Waals surface area contributed by atoms with Gasteiger partial charge in [0.15, 0.2) is 0 Å². The molecule has 9 heavy (non-hydrogen) atoms. The van der Waals surface area contributed by atoms with Gasteiger partial charge in [-0.2, -0.15) is 0 Å². The smallest absolute Gasteiger partial charge is 0.112 e. The lowest BCUT2D eigenvalue weighted by Gasteiger charge is -2.10. The number of nitrogens with two attached hydrogens (primary N) is 1. The summed E-state index contributed by atoms with van der Waals surface area (Å²) in [7, 11) is 0. The van der Waals surface area contributed by atoms with Crippen LogP contribution in [0.15, 0.2) is 0 Å². The van der Waals surface area contributed by atoms with Gasteiger partial charge in [-0.3, -0.25) is 0 Å². The Kier molecular flexibility index (Phi) is 2.06. The Morgan fingerprint density at radius 2 is 2.22 bits per heavy atom. The quantitative estimate of drug-likeness (QED) is 0.616. The van der Waals surface area contributed by atoms with Crippen molar-refractivity contribution in [3.8, 4) is 0 Å². The van der Waals surface area contributed by atoms with E-state index in [9.17, 15) is 4.39 Å². The lowest BCUT2D eigenvalue weighted by atomic mass is 10.1. The molecule has 0 aliphatic heterocycles. The first-order valence-corrected chi connectivity index (χ1v) is 3.60. The molecule has 1 nitrogen and oxygen atoms in total. The van der Waals surface area contributed by atoms with Crippen molar-refractivity contribution in [1.82, 2.24) is 0 Å². The lowest BCUT2D eigenvalue weighted by molar-refractivity contribution is 0.289. The Bertz CT molecular complexity index is 88.9. The van der Waals surface area contributed by atoms with E-state index >= 15 is 0 Å². The number of halogens is 1. The first-order valence-electron chi connectivity index (χ1n) is 3.60. The summed E-state index contributed by atoms with van der Waals surface area (Å²) in [5, 5.41) is 0. The van der Waals surface area contributed by atoms with Crippen LogP contribution in [0.1, 0.15) is 26.2 Å². The van der Waals surface area contributed by atoms with Crippen molar-refractivity contribution in [1.29, 1.82) is 0 Å². The van der Waals surface area contributed by atoms with Crippen LogP contribution in [0.4, 0.5) is 4.39 Å². The zero-order valence-corrected chi connectivity index (χ0v) is 5.81. The zero-order chi connectivity index (χ0) is 6.85. The summed E-state index contributed by atoms with van der Waals surface area (Å²) in [6, 6.07) is -0.211. The van der Waals surface area contributed by atoms with Crippen LogP contribution in [0.3, 0.4) is 0 Å². The molecule has 2 atom stereocenters. The van der Waals surface area contributed by atoms with E-state index in [2.05, 4.69) is 0 Å². The highest BCUT2D eigenvalue weighted by Crippen LogP contribution is 2.33. The van der Waals surface area contributed by atoms with Crippen molar-refractivity contribution in [2.75, 3.05) is 0 Å². The third-order valence-corrected chi connectivity index (χ3v) is 1.89. The van der Waals surface area contributed by atoms with Gasteiger partial charge >= 0.3 is 0 Å². The van der Waals surface area contributed by atoms with Gasteiger partial charge in [0, 0.05) is 6.04 Å². The SMILES string of the molecule is CC(F)C(N)CC1CC1. The standard InChI is InChI=1S/C7H14FN/c1-5(8)7(9)4-6-2-3-6/h5-7H,2-4,9H2,1H3. The van der Waals surface area contributed by atoms with E-state index in [4.69, 9.17) is 5.73 Å². The van der Waals surface area contributed by atoms with Gasteiger partial charge in [-0.1, -0.05) is 12.8 Å². The van der Waals surface area contributed by atoms with E-state index in [1.807, 2.05) is 0 Å². The van der Waals surface area contributed by atoms with E-state index in [-0.39, 0.29) is 6.04 Å². The molecule has 1 rings (SSSR count). The molecule has 0 aromatic heterocycles. The van der Waals surface area contributed by atoms with Crippen molar-refractivity contribution in [3.05, 3.63) is 0 Å². The molecule has 0 heterocycles. The third-order valence-electron chi connectivity index (χ3n) is 1.89. The van der Waals surface area contributed by atoms with Crippen LogP contribution in [-0.4, -0.2) is 12.2 Å². The molecule has 0 amide bonds. The van der Waals surface area contributed by atoms with E-state index in [0.717, 1.165) is 12.3 Å². The van der Waals surface area contributed by atoms with Crippen molar-refractivity contribution in [3.63, 3.8) is 0 Å². The number of hydrogen-bond donors (Lipinski definition) is 1. The highest BCUT2D eigenvalue weighted by molar-refractivity contribution is 4.80. The fourth-order valence-electron chi connectivity index (χ4n) is 0.926. The second-order valence-electron chi connectivity index (χ2n) is 3.02. The van der Waals surface area contributed by atoms with Gasteiger partial charge in [0.2, 0.25) is 0 Å². The summed E-state index contributed by atoms with van der Waals surface area (Å²) < 4.78 is 12.4. The molecule has 1 aliphatic rings. The number of alkyl halides is 1. The molecule has 0 saturated heterocycles. The fourth-order valence-corrected chi connectivity index (χ4v) is 0.926. The second-order valence-corrected chi connectivity index (χ2v) is 3.02. The predicted octanol–water partition coefficient (Wildman–Crippen LogP) is 1.47. The zero-order valence-electron chi connectivity index (χ0n) is 5.81. The van der Waals surface area contributed by atoms with Gasteiger partial charge in [0.25, 0.3) is 0 Å². The van der Waals surface area contributed by atoms with Crippen LogP contribution in [0.2, 0.25) is 0 Å². The molecule has 2 heteroatoms. The van der Waals surface area contributed by atoms with Gasteiger partial charge in [-0.05, 0) is 19.3 Å². The van der Waals surface area contributed by atoms with Gasteiger partial charge in [0.05, 0.1) is 0 Å². The van der Waals surface area contributed by atoms with Gasteiger partial charge in [-0.15, -0.1) is 0 Å². The molecule has 0 aromatic carbocycles. The van der Waals surface area contributed by atoms with Gasteiger partial charge < -0.3 is 5.73 Å². The topological polar surface area (TPSA) is 26.0 Å². The second kappa shape index (κ2) is 2.65. The molecular weight excluding hydrogens is 117 g/mol. The minimum Gasteiger partial charge on any atom is -0.325 e. The molecule has 1 fully saturated rings. The van der Waals surface area contributed by atoms with Crippen molar-refractivity contribution in [2.45, 2.75) is 38.4 Å². The summed E-state index contributed by atoms with van der Waals surface area (Å²) in [4.78, 5) is 0. The monoisotopic (exact) mass is 131 g/mol. The highest BCUT2D eigenvalue weighted by Gasteiger charge is 2.25. The van der Waals surface area contributed by atoms with Crippen LogP contribution in [0.5, 0.6) is 0 Å². The van der Waals surface area contributed by atoms with Crippen molar-refractivity contribution in [2.24, 2.45) is 11.7 Å². The van der Waals surface area contributed by atoms with Crippen LogP contribution < -0.4 is 5.73 Å². The maximum Gasteiger partial charge on any atom is 0.112 e. The van der Waals surface area contributed by atoms with Crippen LogP contribution in [-0.2, 0) is 0 Å². The van der Waals surface area contributed by atoms with Crippen LogP contribution in [0, 0.1) is 5.92 Å². The maximum absolute atomic E-state index is 12.4. The average molecular weight is 131 g/mol. The van der Waals surface area contributed by atoms with Crippen molar-refractivity contribution >= 4 is 0 Å². The largest absolute Gasteiger partial charge is 0.325 e. The predicted molar refractivity (Wildman–Crippen MR) is 35.9 cm³/mol. The summed E-state index contributed by atoms with van der Waals surface area (Å²) in [6.07, 6.45) is 2.59. The first-order chi connectivity index (χ1) is 4.20. The van der Waals surface area contributed by atoms with E-state index in [0.29, 0.717) is 0 Å². The van der Waals surface area contributed by atoms with Crippen molar-refractivity contribution < 1.29 is 4.39 Å². The first kappa shape index (κ1) is 7.00. The molecule has 0 bridgehead atoms. The Morgan fingerprint density at radius 1 is 1.67 bits per heavy atom. The van der Waals surface area contributed by atoms with E-state index in [1.54, 1.807) is 0 Å². The summed E-state index contributed by atoms with van der Waals surface area (Å²) >= 11 is 0. The summed E-state index contributed by atoms with van der Waals surface area (Å²) in [6.45, 7) is 1.53. The molecule has 1 saturated carbocycles. The Labute approximate surface area is 55.4 Å². The number of rotatable bonds is 3. The third kappa shape index (κ3) is 2.31. The van der Waals surface area contributed by atoms with E-state index < -0.39 is 6.17 Å². The summed E-state index contributed by atoms with van der Waals surface area (Å²) in [5.41, 5.74) is 5.48. The minimum atomic E-state index is -0.828. The average Bonchev–Trinajstić information content (AvgIpc) is 2.50. The molecule has 1 aliphatic carbocycles. The summed E-state index contributed by atoms with van der Waals surface area (Å²) in [5.74, 6) is 0.748. The van der Waals surface area contributed by atoms with E-state index in [1.165, 1.54) is 19.8 Å². The Hall–Kier alpha value is -0.110. The number of hydrogen-bond acceptors (Lipinski definition) is 1. The fraction of sp³-hybridized carbons (Fsp3) is 1.00. The van der Waals surface area contributed by atoms with Crippen LogP contribution in [0.25, 0.3) is 0 Å². The molecule has 0 radical (unpaired) electrons. The lowest BCUT2D eigenvalue weighted by Crippen LogP contribution is -2.29. The molecule has 54 valence electrons. The minimum absolute atomic E-state index is 0.211. The maximum atomic E-state index is 12.4. The molecule has 0 spiro atoms. The molecule has 2 unspecified atom stereocenters. The molecule has 2 N–H and O–H groups in total. The van der Waals surface area contributed by atoms with Gasteiger partial charge in [0.1, 0.15) is 6.17 Å². The Morgan fingerprint density at radius 3 is 2.56 bits per heavy atom.